The lowest BCUT2D eigenvalue weighted by Crippen LogP contribution is -2.29. The molecule has 0 spiro atoms. The summed E-state index contributed by atoms with van der Waals surface area (Å²) in [6, 6.07) is 13.7. The third-order valence-electron chi connectivity index (χ3n) is 5.83. The minimum Gasteiger partial charge on any atom is -0.325 e. The van der Waals surface area contributed by atoms with Crippen LogP contribution in [0.25, 0.3) is 21.8 Å². The van der Waals surface area contributed by atoms with Crippen LogP contribution in [0.1, 0.15) is 23.7 Å². The van der Waals surface area contributed by atoms with Gasteiger partial charge in [0, 0.05) is 39.9 Å². The topological polar surface area (TPSA) is 76.9 Å². The number of carbonyl (C=O) groups is 1. The Morgan fingerprint density at radius 3 is 2.65 bits per heavy atom. The van der Waals surface area contributed by atoms with Crippen LogP contribution in [0.15, 0.2) is 63.9 Å². The van der Waals surface area contributed by atoms with Crippen molar-refractivity contribution in [2.45, 2.75) is 31.5 Å². The number of hydrogen-bond donors (Lipinski definition) is 1. The number of thioether (sulfide) groups is 1. The Labute approximate surface area is 203 Å². The van der Waals surface area contributed by atoms with Crippen molar-refractivity contribution < 1.29 is 9.18 Å². The molecule has 172 valence electrons. The second kappa shape index (κ2) is 9.15. The van der Waals surface area contributed by atoms with E-state index in [1.54, 1.807) is 29.7 Å². The SMILES string of the molecule is Cc1nc2n(c(=O)c1C)C(CC(=O)Nc1ccccc1-c1csc(-c3ccccc3F)n1)CS2. The minimum atomic E-state index is -0.324. The van der Waals surface area contributed by atoms with Crippen LogP contribution in [0.4, 0.5) is 10.1 Å². The Morgan fingerprint density at radius 2 is 1.85 bits per heavy atom. The molecular formula is C25H21FN4O2S2. The number of nitrogens with one attached hydrogen (secondary N) is 1. The highest BCUT2D eigenvalue weighted by Crippen LogP contribution is 2.35. The number of thiazole rings is 1. The Kier molecular flexibility index (Phi) is 6.05. The van der Waals surface area contributed by atoms with E-state index >= 15 is 0 Å². The normalized spacial score (nSPS) is 14.7. The van der Waals surface area contributed by atoms with Crippen molar-refractivity contribution in [3.05, 3.63) is 81.3 Å². The van der Waals surface area contributed by atoms with Crippen LogP contribution in [0.2, 0.25) is 0 Å². The number of benzene rings is 2. The molecule has 9 heteroatoms. The second-order valence-corrected chi connectivity index (χ2v) is 9.91. The van der Waals surface area contributed by atoms with Gasteiger partial charge in [0.25, 0.3) is 5.56 Å². The van der Waals surface area contributed by atoms with Gasteiger partial charge in [-0.05, 0) is 32.0 Å². The number of amides is 1. The second-order valence-electron chi connectivity index (χ2n) is 8.06. The fraction of sp³-hybridized carbons (Fsp3) is 0.200. The highest BCUT2D eigenvalue weighted by Gasteiger charge is 2.28. The van der Waals surface area contributed by atoms with E-state index in [4.69, 9.17) is 0 Å². The maximum Gasteiger partial charge on any atom is 0.257 e. The molecule has 1 aliphatic heterocycles. The van der Waals surface area contributed by atoms with Crippen LogP contribution in [0.3, 0.4) is 0 Å². The van der Waals surface area contributed by atoms with Gasteiger partial charge in [-0.25, -0.2) is 14.4 Å². The van der Waals surface area contributed by atoms with Crippen LogP contribution in [0.5, 0.6) is 0 Å². The van der Waals surface area contributed by atoms with Gasteiger partial charge in [-0.1, -0.05) is 42.1 Å². The monoisotopic (exact) mass is 492 g/mol. The molecule has 6 nitrogen and oxygen atoms in total. The Morgan fingerprint density at radius 1 is 1.12 bits per heavy atom. The van der Waals surface area contributed by atoms with Crippen molar-refractivity contribution in [2.24, 2.45) is 0 Å². The molecule has 0 aliphatic carbocycles. The van der Waals surface area contributed by atoms with Crippen molar-refractivity contribution in [1.29, 1.82) is 0 Å². The molecule has 1 unspecified atom stereocenters. The summed E-state index contributed by atoms with van der Waals surface area (Å²) in [5, 5.41) is 6.07. The number of halogens is 1. The zero-order valence-electron chi connectivity index (χ0n) is 18.5. The van der Waals surface area contributed by atoms with Gasteiger partial charge in [0.15, 0.2) is 5.16 Å². The lowest BCUT2D eigenvalue weighted by atomic mass is 10.1. The number of fused-ring (bicyclic) bond motifs is 1. The van der Waals surface area contributed by atoms with Gasteiger partial charge in [0.1, 0.15) is 10.8 Å². The fourth-order valence-electron chi connectivity index (χ4n) is 3.91. The van der Waals surface area contributed by atoms with Gasteiger partial charge in [-0.15, -0.1) is 11.3 Å². The molecule has 1 amide bonds. The highest BCUT2D eigenvalue weighted by atomic mass is 32.2. The summed E-state index contributed by atoms with van der Waals surface area (Å²) in [5.74, 6) is 0.105. The van der Waals surface area contributed by atoms with E-state index in [0.29, 0.717) is 38.4 Å². The average Bonchev–Trinajstić information content (AvgIpc) is 3.46. The van der Waals surface area contributed by atoms with Gasteiger partial charge >= 0.3 is 0 Å². The van der Waals surface area contributed by atoms with Crippen molar-refractivity contribution in [2.75, 3.05) is 11.1 Å². The summed E-state index contributed by atoms with van der Waals surface area (Å²) >= 11 is 2.85. The molecule has 1 aliphatic rings. The van der Waals surface area contributed by atoms with E-state index in [2.05, 4.69) is 15.3 Å². The van der Waals surface area contributed by atoms with E-state index in [0.717, 1.165) is 11.3 Å². The molecule has 4 aromatic rings. The largest absolute Gasteiger partial charge is 0.325 e. The summed E-state index contributed by atoms with van der Waals surface area (Å²) in [7, 11) is 0. The van der Waals surface area contributed by atoms with Crippen molar-refractivity contribution in [3.8, 4) is 21.8 Å². The molecule has 2 aromatic carbocycles. The van der Waals surface area contributed by atoms with Crippen LogP contribution < -0.4 is 10.9 Å². The standard InChI is InChI=1S/C25H21FN4O2S2/c1-14-15(2)27-25-30(24(14)32)16(12-34-25)11-22(31)28-20-10-6-4-8-18(20)21-13-33-23(29-21)17-7-3-5-9-19(17)26/h3-10,13,16H,11-12H2,1-2H3,(H,28,31). The van der Waals surface area contributed by atoms with Crippen LogP contribution in [0, 0.1) is 19.7 Å². The molecule has 2 aromatic heterocycles. The summed E-state index contributed by atoms with van der Waals surface area (Å²) in [6.45, 7) is 3.59. The number of aromatic nitrogens is 3. The molecule has 0 saturated carbocycles. The smallest absolute Gasteiger partial charge is 0.257 e. The zero-order valence-corrected chi connectivity index (χ0v) is 20.2. The fourth-order valence-corrected chi connectivity index (χ4v) is 5.94. The third-order valence-corrected chi connectivity index (χ3v) is 7.80. The summed E-state index contributed by atoms with van der Waals surface area (Å²) < 4.78 is 15.8. The van der Waals surface area contributed by atoms with E-state index in [9.17, 15) is 14.0 Å². The number of anilines is 1. The molecule has 0 bridgehead atoms. The predicted molar refractivity (Wildman–Crippen MR) is 134 cm³/mol. The van der Waals surface area contributed by atoms with Gasteiger partial charge in [0.05, 0.1) is 17.4 Å². The first-order chi connectivity index (χ1) is 16.4. The van der Waals surface area contributed by atoms with Crippen molar-refractivity contribution in [3.63, 3.8) is 0 Å². The Hall–Kier alpha value is -3.30. The maximum atomic E-state index is 14.2. The van der Waals surface area contributed by atoms with Crippen molar-refractivity contribution >= 4 is 34.7 Å². The lowest BCUT2D eigenvalue weighted by molar-refractivity contribution is -0.116. The lowest BCUT2D eigenvalue weighted by Gasteiger charge is -2.15. The number of rotatable bonds is 5. The first-order valence-corrected chi connectivity index (χ1v) is 12.6. The number of hydrogen-bond acceptors (Lipinski definition) is 6. The van der Waals surface area contributed by atoms with E-state index in [1.807, 2.05) is 36.6 Å². The van der Waals surface area contributed by atoms with Crippen LogP contribution in [-0.4, -0.2) is 26.2 Å². The van der Waals surface area contributed by atoms with E-state index in [-0.39, 0.29) is 29.7 Å². The molecule has 34 heavy (non-hydrogen) atoms. The minimum absolute atomic E-state index is 0.0890. The van der Waals surface area contributed by atoms with E-state index in [1.165, 1.54) is 29.2 Å². The van der Waals surface area contributed by atoms with Crippen LogP contribution in [-0.2, 0) is 4.79 Å². The molecule has 0 radical (unpaired) electrons. The Balaban J connectivity index is 1.37. The first-order valence-electron chi connectivity index (χ1n) is 10.7. The predicted octanol–water partition coefficient (Wildman–Crippen LogP) is 5.47. The molecule has 1 N–H and O–H groups in total. The van der Waals surface area contributed by atoms with Gasteiger partial charge in [-0.2, -0.15) is 0 Å². The van der Waals surface area contributed by atoms with Gasteiger partial charge in [0.2, 0.25) is 5.91 Å². The number of aryl methyl sites for hydroxylation is 1. The van der Waals surface area contributed by atoms with Crippen molar-refractivity contribution in [1.82, 2.24) is 14.5 Å². The molecule has 0 saturated heterocycles. The number of para-hydroxylation sites is 1. The van der Waals surface area contributed by atoms with Gasteiger partial charge < -0.3 is 5.32 Å². The van der Waals surface area contributed by atoms with Crippen LogP contribution >= 0.6 is 23.1 Å². The van der Waals surface area contributed by atoms with Gasteiger partial charge in [-0.3, -0.25) is 14.2 Å². The first kappa shape index (κ1) is 22.5. The Bertz CT molecular complexity index is 1460. The molecule has 3 heterocycles. The highest BCUT2D eigenvalue weighted by molar-refractivity contribution is 7.99. The quantitative estimate of drug-likeness (QED) is 0.374. The summed E-state index contributed by atoms with van der Waals surface area (Å²) in [5.41, 5.74) is 3.72. The number of nitrogens with zero attached hydrogens (tertiary/aromatic N) is 3. The molecule has 0 fully saturated rings. The summed E-state index contributed by atoms with van der Waals surface area (Å²) in [4.78, 5) is 34.8. The number of carbonyl (C=O) groups excluding carboxylic acids is 1. The molecule has 5 rings (SSSR count). The third kappa shape index (κ3) is 4.17. The molecule has 1 atom stereocenters. The maximum absolute atomic E-state index is 14.2. The summed E-state index contributed by atoms with van der Waals surface area (Å²) in [6.07, 6.45) is 0.163. The molecular weight excluding hydrogens is 471 g/mol. The zero-order chi connectivity index (χ0) is 23.8. The average molecular weight is 493 g/mol. The van der Waals surface area contributed by atoms with E-state index < -0.39 is 0 Å².